The first-order chi connectivity index (χ1) is 9.78. The second-order valence-corrected chi connectivity index (χ2v) is 4.20. The minimum absolute atomic E-state index is 0.0368. The predicted octanol–water partition coefficient (Wildman–Crippen LogP) is 1.01. The molecule has 0 aliphatic rings. The summed E-state index contributed by atoms with van der Waals surface area (Å²) in [5, 5.41) is 9.28. The molecule has 2 heterocycles. The van der Waals surface area contributed by atoms with Crippen molar-refractivity contribution < 1.29 is 9.84 Å². The molecule has 20 heavy (non-hydrogen) atoms. The molecule has 3 aromatic rings. The number of fused-ring (bicyclic) bond motifs is 1. The second kappa shape index (κ2) is 5.14. The van der Waals surface area contributed by atoms with Gasteiger partial charge >= 0.3 is 0 Å². The van der Waals surface area contributed by atoms with E-state index in [0.29, 0.717) is 17.0 Å². The Morgan fingerprint density at radius 1 is 1.20 bits per heavy atom. The Labute approximate surface area is 114 Å². The normalized spacial score (nSPS) is 10.8. The number of nitrogens with two attached hydrogens (primary N) is 1. The molecule has 1 aromatic carbocycles. The van der Waals surface area contributed by atoms with Crippen molar-refractivity contribution in [2.24, 2.45) is 0 Å². The molecule has 0 aliphatic heterocycles. The molecular formula is C13H13N5O2. The molecule has 0 unspecified atom stereocenters. The van der Waals surface area contributed by atoms with E-state index in [4.69, 9.17) is 10.5 Å². The van der Waals surface area contributed by atoms with Crippen molar-refractivity contribution in [1.82, 2.24) is 19.9 Å². The molecule has 0 saturated carbocycles. The Morgan fingerprint density at radius 2 is 2.00 bits per heavy atom. The molecule has 0 spiro atoms. The molecule has 4 N–H and O–H groups in total. The van der Waals surface area contributed by atoms with Gasteiger partial charge in [0.25, 0.3) is 0 Å². The summed E-state index contributed by atoms with van der Waals surface area (Å²) in [5.74, 6) is 0.452. The van der Waals surface area contributed by atoms with E-state index in [0.717, 1.165) is 11.1 Å². The maximum Gasteiger partial charge on any atom is 0.245 e. The number of hydrogen-bond donors (Lipinski definition) is 3. The number of H-pyrrole nitrogens is 1. The standard InChI is InChI=1S/C13H13N5O2/c14-13-17-11-10(15-7-16-11)12(18-13)20-6-9-4-2-1-3-8(9)5-19/h1-4,7,19H,5-6H2,(H3,14,15,16,17,18). The molecule has 0 bridgehead atoms. The highest BCUT2D eigenvalue weighted by atomic mass is 16.5. The second-order valence-electron chi connectivity index (χ2n) is 4.20. The van der Waals surface area contributed by atoms with E-state index in [-0.39, 0.29) is 19.2 Å². The smallest absolute Gasteiger partial charge is 0.245 e. The lowest BCUT2D eigenvalue weighted by Crippen LogP contribution is -2.04. The van der Waals surface area contributed by atoms with Gasteiger partial charge in [0.15, 0.2) is 5.65 Å². The van der Waals surface area contributed by atoms with Crippen LogP contribution in [0.15, 0.2) is 30.6 Å². The van der Waals surface area contributed by atoms with Gasteiger partial charge in [-0.25, -0.2) is 4.98 Å². The van der Waals surface area contributed by atoms with Crippen LogP contribution in [-0.2, 0) is 13.2 Å². The zero-order chi connectivity index (χ0) is 13.9. The number of aromatic nitrogens is 4. The van der Waals surface area contributed by atoms with Gasteiger partial charge in [0, 0.05) is 0 Å². The summed E-state index contributed by atoms with van der Waals surface area (Å²) < 4.78 is 5.67. The summed E-state index contributed by atoms with van der Waals surface area (Å²) in [6.45, 7) is 0.242. The Kier molecular flexibility index (Phi) is 3.18. The maximum absolute atomic E-state index is 9.28. The Bertz CT molecular complexity index is 740. The molecule has 0 aliphatic carbocycles. The summed E-state index contributed by atoms with van der Waals surface area (Å²) in [4.78, 5) is 15.0. The van der Waals surface area contributed by atoms with Crippen molar-refractivity contribution in [2.45, 2.75) is 13.2 Å². The van der Waals surface area contributed by atoms with E-state index < -0.39 is 0 Å². The number of nitrogen functional groups attached to an aromatic ring is 1. The summed E-state index contributed by atoms with van der Waals surface area (Å²) in [6.07, 6.45) is 1.51. The van der Waals surface area contributed by atoms with E-state index in [2.05, 4.69) is 19.9 Å². The average Bonchev–Trinajstić information content (AvgIpc) is 2.93. The summed E-state index contributed by atoms with van der Waals surface area (Å²) in [5.41, 5.74) is 8.38. The van der Waals surface area contributed by atoms with E-state index in [1.165, 1.54) is 6.33 Å². The summed E-state index contributed by atoms with van der Waals surface area (Å²) in [6, 6.07) is 7.49. The number of imidazole rings is 1. The Hall–Kier alpha value is -2.67. The Balaban J connectivity index is 1.88. The number of rotatable bonds is 4. The fourth-order valence-corrected chi connectivity index (χ4v) is 1.93. The van der Waals surface area contributed by atoms with Gasteiger partial charge in [0.2, 0.25) is 11.8 Å². The van der Waals surface area contributed by atoms with Crippen molar-refractivity contribution in [3.05, 3.63) is 41.7 Å². The number of hydrogen-bond acceptors (Lipinski definition) is 6. The first-order valence-electron chi connectivity index (χ1n) is 6.05. The SMILES string of the molecule is Nc1nc(OCc2ccccc2CO)c2[nH]cnc2n1. The highest BCUT2D eigenvalue weighted by molar-refractivity contribution is 5.76. The van der Waals surface area contributed by atoms with Crippen LogP contribution in [0, 0.1) is 0 Å². The predicted molar refractivity (Wildman–Crippen MR) is 72.8 cm³/mol. The van der Waals surface area contributed by atoms with E-state index in [9.17, 15) is 5.11 Å². The highest BCUT2D eigenvalue weighted by Crippen LogP contribution is 2.21. The molecule has 7 heteroatoms. The summed E-state index contributed by atoms with van der Waals surface area (Å²) in [7, 11) is 0. The van der Waals surface area contributed by atoms with E-state index in [1.807, 2.05) is 24.3 Å². The number of aliphatic hydroxyl groups is 1. The largest absolute Gasteiger partial charge is 0.471 e. The van der Waals surface area contributed by atoms with Crippen molar-refractivity contribution in [2.75, 3.05) is 5.73 Å². The number of nitrogens with one attached hydrogen (secondary N) is 1. The van der Waals surface area contributed by atoms with E-state index in [1.54, 1.807) is 0 Å². The number of benzene rings is 1. The molecule has 7 nitrogen and oxygen atoms in total. The monoisotopic (exact) mass is 271 g/mol. The number of aliphatic hydroxyl groups excluding tert-OH is 1. The molecule has 3 rings (SSSR count). The highest BCUT2D eigenvalue weighted by Gasteiger charge is 2.10. The van der Waals surface area contributed by atoms with Crippen LogP contribution in [-0.4, -0.2) is 25.0 Å². The zero-order valence-corrected chi connectivity index (χ0v) is 10.6. The van der Waals surface area contributed by atoms with Crippen LogP contribution in [0.4, 0.5) is 5.95 Å². The van der Waals surface area contributed by atoms with Crippen LogP contribution in [0.5, 0.6) is 5.88 Å². The number of anilines is 1. The number of ether oxygens (including phenoxy) is 1. The molecule has 0 fully saturated rings. The Morgan fingerprint density at radius 3 is 2.80 bits per heavy atom. The van der Waals surface area contributed by atoms with Gasteiger partial charge in [0.1, 0.15) is 12.1 Å². The molecule has 102 valence electrons. The first kappa shape index (κ1) is 12.4. The van der Waals surface area contributed by atoms with Crippen LogP contribution >= 0.6 is 0 Å². The van der Waals surface area contributed by atoms with Crippen molar-refractivity contribution >= 4 is 17.1 Å². The van der Waals surface area contributed by atoms with Gasteiger partial charge < -0.3 is 20.6 Å². The minimum Gasteiger partial charge on any atom is -0.471 e. The quantitative estimate of drug-likeness (QED) is 0.653. The molecule has 0 amide bonds. The van der Waals surface area contributed by atoms with Gasteiger partial charge in [-0.15, -0.1) is 0 Å². The van der Waals surface area contributed by atoms with Crippen molar-refractivity contribution in [3.8, 4) is 5.88 Å². The lowest BCUT2D eigenvalue weighted by molar-refractivity contribution is 0.267. The summed E-state index contributed by atoms with van der Waals surface area (Å²) >= 11 is 0. The van der Waals surface area contributed by atoms with Crippen LogP contribution in [0.3, 0.4) is 0 Å². The fraction of sp³-hybridized carbons (Fsp3) is 0.154. The molecule has 0 radical (unpaired) electrons. The third-order valence-corrected chi connectivity index (χ3v) is 2.92. The van der Waals surface area contributed by atoms with E-state index >= 15 is 0 Å². The van der Waals surface area contributed by atoms with Crippen LogP contribution in [0.1, 0.15) is 11.1 Å². The third-order valence-electron chi connectivity index (χ3n) is 2.92. The van der Waals surface area contributed by atoms with Gasteiger partial charge in [-0.05, 0) is 11.1 Å². The first-order valence-corrected chi connectivity index (χ1v) is 6.05. The van der Waals surface area contributed by atoms with Crippen LogP contribution < -0.4 is 10.5 Å². The molecular weight excluding hydrogens is 258 g/mol. The lowest BCUT2D eigenvalue weighted by Gasteiger charge is -2.09. The topological polar surface area (TPSA) is 110 Å². The van der Waals surface area contributed by atoms with Crippen molar-refractivity contribution in [3.63, 3.8) is 0 Å². The fourth-order valence-electron chi connectivity index (χ4n) is 1.93. The maximum atomic E-state index is 9.28. The van der Waals surface area contributed by atoms with Crippen LogP contribution in [0.2, 0.25) is 0 Å². The molecule has 0 atom stereocenters. The number of nitrogens with zero attached hydrogens (tertiary/aromatic N) is 3. The molecule has 0 saturated heterocycles. The van der Waals surface area contributed by atoms with Gasteiger partial charge in [0.05, 0.1) is 12.9 Å². The zero-order valence-electron chi connectivity index (χ0n) is 10.6. The average molecular weight is 271 g/mol. The minimum atomic E-state index is -0.0368. The van der Waals surface area contributed by atoms with Crippen LogP contribution in [0.25, 0.3) is 11.2 Å². The van der Waals surface area contributed by atoms with Crippen molar-refractivity contribution in [1.29, 1.82) is 0 Å². The van der Waals surface area contributed by atoms with Gasteiger partial charge in [-0.1, -0.05) is 24.3 Å². The number of aromatic amines is 1. The van der Waals surface area contributed by atoms with Gasteiger partial charge in [-0.2, -0.15) is 9.97 Å². The molecule has 2 aromatic heterocycles. The third kappa shape index (κ3) is 2.26. The van der Waals surface area contributed by atoms with Gasteiger partial charge in [-0.3, -0.25) is 0 Å². The lowest BCUT2D eigenvalue weighted by atomic mass is 10.1.